The van der Waals surface area contributed by atoms with Gasteiger partial charge in [0, 0.05) is 42.5 Å². The Morgan fingerprint density at radius 1 is 1.29 bits per heavy atom. The minimum absolute atomic E-state index is 0.381. The zero-order valence-corrected chi connectivity index (χ0v) is 12.4. The lowest BCUT2D eigenvalue weighted by Crippen LogP contribution is -2.30. The molecule has 21 heavy (non-hydrogen) atoms. The fourth-order valence-electron chi connectivity index (χ4n) is 2.92. The van der Waals surface area contributed by atoms with Crippen molar-refractivity contribution >= 4 is 27.4 Å². The van der Waals surface area contributed by atoms with Crippen LogP contribution in [0, 0.1) is 0 Å². The van der Waals surface area contributed by atoms with Crippen LogP contribution in [0.1, 0.15) is 16.8 Å². The highest BCUT2D eigenvalue weighted by Gasteiger charge is 2.19. The molecule has 1 aliphatic heterocycles. The topological polar surface area (TPSA) is 55.0 Å². The van der Waals surface area contributed by atoms with Crippen LogP contribution in [0.15, 0.2) is 35.8 Å². The van der Waals surface area contributed by atoms with E-state index in [1.54, 1.807) is 0 Å². The number of rotatable bonds is 2. The molecule has 5 heteroatoms. The number of thiophene rings is 1. The van der Waals surface area contributed by atoms with Gasteiger partial charge in [-0.3, -0.25) is 4.90 Å². The quantitative estimate of drug-likeness (QED) is 0.790. The predicted molar refractivity (Wildman–Crippen MR) is 86.1 cm³/mol. The van der Waals surface area contributed by atoms with Crippen molar-refractivity contribution in [2.45, 2.75) is 19.5 Å². The van der Waals surface area contributed by atoms with Gasteiger partial charge in [0.25, 0.3) is 0 Å². The third-order valence-electron chi connectivity index (χ3n) is 3.99. The van der Waals surface area contributed by atoms with Crippen LogP contribution >= 0.6 is 11.3 Å². The Morgan fingerprint density at radius 2 is 2.19 bits per heavy atom. The Bertz CT molecular complexity index is 796. The molecule has 0 radical (unpaired) electrons. The molecule has 2 aromatic heterocycles. The van der Waals surface area contributed by atoms with Crippen molar-refractivity contribution in [2.75, 3.05) is 12.3 Å². The van der Waals surface area contributed by atoms with Gasteiger partial charge in [-0.1, -0.05) is 18.2 Å². The van der Waals surface area contributed by atoms with Gasteiger partial charge in [0.2, 0.25) is 5.95 Å². The first-order chi connectivity index (χ1) is 10.3. The minimum Gasteiger partial charge on any atom is -0.368 e. The van der Waals surface area contributed by atoms with Crippen molar-refractivity contribution in [3.05, 3.63) is 52.7 Å². The average molecular weight is 296 g/mol. The maximum Gasteiger partial charge on any atom is 0.220 e. The van der Waals surface area contributed by atoms with Crippen LogP contribution in [-0.4, -0.2) is 21.4 Å². The molecule has 3 aromatic rings. The Hall–Kier alpha value is -1.98. The molecule has 1 aliphatic rings. The van der Waals surface area contributed by atoms with Crippen molar-refractivity contribution in [3.8, 4) is 0 Å². The Kier molecular flexibility index (Phi) is 3.09. The molecule has 4 rings (SSSR count). The third kappa shape index (κ3) is 2.39. The molecule has 0 amide bonds. The molecule has 0 aliphatic carbocycles. The summed E-state index contributed by atoms with van der Waals surface area (Å²) in [6.07, 6.45) is 2.82. The normalized spacial score (nSPS) is 15.2. The summed E-state index contributed by atoms with van der Waals surface area (Å²) in [4.78, 5) is 10.9. The molecular weight excluding hydrogens is 280 g/mol. The summed E-state index contributed by atoms with van der Waals surface area (Å²) < 4.78 is 1.36. The number of fused-ring (bicyclic) bond motifs is 2. The van der Waals surface area contributed by atoms with Crippen LogP contribution in [0.4, 0.5) is 5.95 Å². The fraction of sp³-hybridized carbons (Fsp3) is 0.250. The zero-order valence-electron chi connectivity index (χ0n) is 11.6. The molecule has 106 valence electrons. The number of anilines is 1. The van der Waals surface area contributed by atoms with Gasteiger partial charge in [0.15, 0.2) is 0 Å². The van der Waals surface area contributed by atoms with Crippen molar-refractivity contribution < 1.29 is 0 Å². The van der Waals surface area contributed by atoms with E-state index in [9.17, 15) is 0 Å². The van der Waals surface area contributed by atoms with Crippen molar-refractivity contribution in [1.29, 1.82) is 0 Å². The second kappa shape index (κ2) is 5.09. The van der Waals surface area contributed by atoms with Crippen LogP contribution in [0.25, 0.3) is 10.1 Å². The second-order valence-corrected chi connectivity index (χ2v) is 6.33. The van der Waals surface area contributed by atoms with E-state index in [0.717, 1.165) is 31.7 Å². The lowest BCUT2D eigenvalue weighted by atomic mass is 10.1. The summed E-state index contributed by atoms with van der Waals surface area (Å²) in [5, 5.41) is 3.65. The van der Waals surface area contributed by atoms with Crippen molar-refractivity contribution in [1.82, 2.24) is 14.9 Å². The Morgan fingerprint density at radius 3 is 3.14 bits per heavy atom. The van der Waals surface area contributed by atoms with Crippen LogP contribution in [0.5, 0.6) is 0 Å². The zero-order chi connectivity index (χ0) is 14.2. The van der Waals surface area contributed by atoms with Crippen LogP contribution < -0.4 is 5.73 Å². The summed E-state index contributed by atoms with van der Waals surface area (Å²) in [6.45, 7) is 2.90. The monoisotopic (exact) mass is 296 g/mol. The molecule has 0 saturated carbocycles. The number of nitrogens with two attached hydrogens (primary N) is 1. The molecule has 0 saturated heterocycles. The van der Waals surface area contributed by atoms with Gasteiger partial charge in [0.1, 0.15) is 0 Å². The molecule has 0 bridgehead atoms. The van der Waals surface area contributed by atoms with Gasteiger partial charge in [-0.15, -0.1) is 11.3 Å². The first-order valence-electron chi connectivity index (χ1n) is 7.07. The average Bonchev–Trinajstić information content (AvgIpc) is 2.91. The largest absolute Gasteiger partial charge is 0.368 e. The Labute approximate surface area is 127 Å². The number of nitrogens with zero attached hydrogens (tertiary/aromatic N) is 3. The maximum atomic E-state index is 5.65. The predicted octanol–water partition coefficient (Wildman–Crippen LogP) is 2.83. The molecule has 0 atom stereocenters. The molecule has 1 aromatic carbocycles. The minimum atomic E-state index is 0.381. The highest BCUT2D eigenvalue weighted by molar-refractivity contribution is 7.17. The summed E-state index contributed by atoms with van der Waals surface area (Å²) in [5.41, 5.74) is 9.38. The van der Waals surface area contributed by atoms with Crippen molar-refractivity contribution in [3.63, 3.8) is 0 Å². The van der Waals surface area contributed by atoms with E-state index in [4.69, 9.17) is 5.73 Å². The second-order valence-electron chi connectivity index (χ2n) is 5.42. The maximum absolute atomic E-state index is 5.65. The van der Waals surface area contributed by atoms with Crippen LogP contribution in [0.3, 0.4) is 0 Å². The standard InChI is InChI=1S/C16H16N4S/c17-16-18-7-11-8-20(6-5-14(11)19-16)9-12-10-21-15-4-2-1-3-13(12)15/h1-4,7,10H,5-6,8-9H2,(H2,17,18,19). The van der Waals surface area contributed by atoms with E-state index in [1.807, 2.05) is 17.5 Å². The molecule has 3 heterocycles. The van der Waals surface area contributed by atoms with E-state index < -0.39 is 0 Å². The summed E-state index contributed by atoms with van der Waals surface area (Å²) in [6, 6.07) is 8.61. The molecular formula is C16H16N4S. The van der Waals surface area contributed by atoms with E-state index in [1.165, 1.54) is 21.2 Å². The summed E-state index contributed by atoms with van der Waals surface area (Å²) in [7, 11) is 0. The van der Waals surface area contributed by atoms with Crippen LogP contribution in [-0.2, 0) is 19.5 Å². The van der Waals surface area contributed by atoms with Gasteiger partial charge in [0.05, 0.1) is 5.69 Å². The van der Waals surface area contributed by atoms with E-state index in [-0.39, 0.29) is 0 Å². The smallest absolute Gasteiger partial charge is 0.220 e. The van der Waals surface area contributed by atoms with E-state index >= 15 is 0 Å². The van der Waals surface area contributed by atoms with Gasteiger partial charge in [-0.05, 0) is 22.4 Å². The van der Waals surface area contributed by atoms with Crippen molar-refractivity contribution in [2.24, 2.45) is 0 Å². The first-order valence-corrected chi connectivity index (χ1v) is 7.95. The van der Waals surface area contributed by atoms with Crippen LogP contribution in [0.2, 0.25) is 0 Å². The number of nitrogen functional groups attached to an aromatic ring is 1. The number of aromatic nitrogens is 2. The van der Waals surface area contributed by atoms with E-state index in [0.29, 0.717) is 5.95 Å². The number of hydrogen-bond acceptors (Lipinski definition) is 5. The fourth-order valence-corrected chi connectivity index (χ4v) is 3.88. The third-order valence-corrected chi connectivity index (χ3v) is 5.00. The highest BCUT2D eigenvalue weighted by atomic mass is 32.1. The summed E-state index contributed by atoms with van der Waals surface area (Å²) in [5.74, 6) is 0.381. The lowest BCUT2D eigenvalue weighted by Gasteiger charge is -2.27. The Balaban J connectivity index is 1.57. The molecule has 0 spiro atoms. The SMILES string of the molecule is Nc1ncc2c(n1)CCN(Cc1csc3ccccc13)C2. The molecule has 2 N–H and O–H groups in total. The van der Waals surface area contributed by atoms with Gasteiger partial charge in [-0.25, -0.2) is 9.97 Å². The molecule has 0 fully saturated rings. The lowest BCUT2D eigenvalue weighted by molar-refractivity contribution is 0.244. The van der Waals surface area contributed by atoms with E-state index in [2.05, 4.69) is 44.5 Å². The first kappa shape index (κ1) is 12.7. The molecule has 4 nitrogen and oxygen atoms in total. The number of hydrogen-bond donors (Lipinski definition) is 1. The van der Waals surface area contributed by atoms with Gasteiger partial charge >= 0.3 is 0 Å². The molecule has 0 unspecified atom stereocenters. The van der Waals surface area contributed by atoms with Gasteiger partial charge < -0.3 is 5.73 Å². The number of benzene rings is 1. The summed E-state index contributed by atoms with van der Waals surface area (Å²) >= 11 is 1.82. The highest BCUT2D eigenvalue weighted by Crippen LogP contribution is 2.28. The van der Waals surface area contributed by atoms with Gasteiger partial charge in [-0.2, -0.15) is 0 Å².